The van der Waals surface area contributed by atoms with Crippen LogP contribution in [0.5, 0.6) is 0 Å². The smallest absolute Gasteiger partial charge is 0.188 e. The maximum Gasteiger partial charge on any atom is 0.188 e. The Hall–Kier alpha value is -0.770. The van der Waals surface area contributed by atoms with Crippen molar-refractivity contribution < 1.29 is 4.74 Å². The number of guanidine groups is 1. The fourth-order valence-corrected chi connectivity index (χ4v) is 1.08. The molecule has 3 N–H and O–H groups in total. The van der Waals surface area contributed by atoms with E-state index in [1.807, 2.05) is 0 Å². The molecule has 1 fully saturated rings. The van der Waals surface area contributed by atoms with Gasteiger partial charge in [0.25, 0.3) is 0 Å². The van der Waals surface area contributed by atoms with E-state index in [0.29, 0.717) is 11.9 Å². The Balaban J connectivity index is 2.06. The van der Waals surface area contributed by atoms with Gasteiger partial charge < -0.3 is 15.4 Å². The summed E-state index contributed by atoms with van der Waals surface area (Å²) in [6.07, 6.45) is 1.12. The summed E-state index contributed by atoms with van der Waals surface area (Å²) in [5.41, 5.74) is 0. The molecule has 0 amide bonds. The molecular formula is C7H15N3O. The van der Waals surface area contributed by atoms with Gasteiger partial charge in [0.05, 0.1) is 6.61 Å². The molecule has 11 heavy (non-hydrogen) atoms. The fraction of sp³-hybridized carbons (Fsp3) is 0.857. The maximum absolute atomic E-state index is 7.24. The van der Waals surface area contributed by atoms with Crippen molar-refractivity contribution in [3.63, 3.8) is 0 Å². The summed E-state index contributed by atoms with van der Waals surface area (Å²) in [5.74, 6) is 0.973. The van der Waals surface area contributed by atoms with Crippen molar-refractivity contribution in [2.24, 2.45) is 5.92 Å². The monoisotopic (exact) mass is 157 g/mol. The van der Waals surface area contributed by atoms with Crippen LogP contribution in [0.4, 0.5) is 0 Å². The lowest BCUT2D eigenvalue weighted by molar-refractivity contribution is 0.186. The fourth-order valence-electron chi connectivity index (χ4n) is 1.08. The van der Waals surface area contributed by atoms with E-state index in [0.717, 1.165) is 26.2 Å². The summed E-state index contributed by atoms with van der Waals surface area (Å²) in [7, 11) is 1.74. The van der Waals surface area contributed by atoms with Crippen LogP contribution in [0.2, 0.25) is 0 Å². The van der Waals surface area contributed by atoms with Crippen LogP contribution in [0.3, 0.4) is 0 Å². The molecule has 1 rings (SSSR count). The van der Waals surface area contributed by atoms with Crippen molar-refractivity contribution in [3.05, 3.63) is 0 Å². The summed E-state index contributed by atoms with van der Waals surface area (Å²) >= 11 is 0. The molecule has 1 aliphatic rings. The molecule has 0 aliphatic carbocycles. The maximum atomic E-state index is 7.24. The van der Waals surface area contributed by atoms with Gasteiger partial charge in [-0.3, -0.25) is 5.41 Å². The minimum absolute atomic E-state index is 0.386. The molecule has 1 heterocycles. The van der Waals surface area contributed by atoms with E-state index < -0.39 is 0 Å². The van der Waals surface area contributed by atoms with E-state index in [1.54, 1.807) is 7.05 Å². The summed E-state index contributed by atoms with van der Waals surface area (Å²) in [6.45, 7) is 2.56. The van der Waals surface area contributed by atoms with Crippen LogP contribution in [0.1, 0.15) is 6.42 Å². The topological polar surface area (TPSA) is 57.1 Å². The SMILES string of the molecule is CNC(=N)NCC1CCOC1. The third-order valence-corrected chi connectivity index (χ3v) is 1.84. The number of rotatable bonds is 2. The highest BCUT2D eigenvalue weighted by Gasteiger charge is 2.14. The van der Waals surface area contributed by atoms with Crippen molar-refractivity contribution in [2.75, 3.05) is 26.8 Å². The normalized spacial score (nSPS) is 23.2. The summed E-state index contributed by atoms with van der Waals surface area (Å²) < 4.78 is 5.19. The molecule has 0 aromatic heterocycles. The summed E-state index contributed by atoms with van der Waals surface area (Å²) in [4.78, 5) is 0. The van der Waals surface area contributed by atoms with Crippen LogP contribution in [0, 0.1) is 11.3 Å². The molecule has 0 bridgehead atoms. The quantitative estimate of drug-likeness (QED) is 0.383. The molecule has 0 radical (unpaired) electrons. The van der Waals surface area contributed by atoms with Gasteiger partial charge in [-0.2, -0.15) is 0 Å². The molecule has 64 valence electrons. The first-order valence-corrected chi connectivity index (χ1v) is 3.91. The van der Waals surface area contributed by atoms with Gasteiger partial charge in [0.15, 0.2) is 5.96 Å². The lowest BCUT2D eigenvalue weighted by Crippen LogP contribution is -2.36. The first-order valence-electron chi connectivity index (χ1n) is 3.91. The van der Waals surface area contributed by atoms with E-state index in [1.165, 1.54) is 0 Å². The Labute approximate surface area is 66.8 Å². The Morgan fingerprint density at radius 2 is 2.55 bits per heavy atom. The van der Waals surface area contributed by atoms with Crippen molar-refractivity contribution in [1.82, 2.24) is 10.6 Å². The average Bonchev–Trinajstić information content (AvgIpc) is 2.52. The Morgan fingerprint density at radius 1 is 1.73 bits per heavy atom. The van der Waals surface area contributed by atoms with Gasteiger partial charge in [0.2, 0.25) is 0 Å². The van der Waals surface area contributed by atoms with Gasteiger partial charge in [0.1, 0.15) is 0 Å². The zero-order chi connectivity index (χ0) is 8.10. The van der Waals surface area contributed by atoms with Crippen LogP contribution < -0.4 is 10.6 Å². The number of ether oxygens (including phenoxy) is 1. The second-order valence-electron chi connectivity index (χ2n) is 2.74. The van der Waals surface area contributed by atoms with E-state index in [-0.39, 0.29) is 0 Å². The molecule has 4 nitrogen and oxygen atoms in total. The second-order valence-corrected chi connectivity index (χ2v) is 2.74. The van der Waals surface area contributed by atoms with Gasteiger partial charge in [-0.15, -0.1) is 0 Å². The molecule has 1 aliphatic heterocycles. The second kappa shape index (κ2) is 4.18. The first kappa shape index (κ1) is 8.33. The van der Waals surface area contributed by atoms with E-state index in [9.17, 15) is 0 Å². The van der Waals surface area contributed by atoms with Crippen LogP contribution in [-0.2, 0) is 4.74 Å². The third-order valence-electron chi connectivity index (χ3n) is 1.84. The Kier molecular flexibility index (Phi) is 3.16. The molecule has 0 spiro atoms. The Bertz CT molecular complexity index is 132. The average molecular weight is 157 g/mol. The van der Waals surface area contributed by atoms with Crippen LogP contribution in [-0.4, -0.2) is 32.8 Å². The number of nitrogens with one attached hydrogen (secondary N) is 3. The minimum atomic E-state index is 0.386. The van der Waals surface area contributed by atoms with E-state index in [4.69, 9.17) is 10.1 Å². The first-order chi connectivity index (χ1) is 5.33. The summed E-state index contributed by atoms with van der Waals surface area (Å²) in [6, 6.07) is 0. The number of hydrogen-bond donors (Lipinski definition) is 3. The van der Waals surface area contributed by atoms with Crippen LogP contribution >= 0.6 is 0 Å². The molecule has 0 aromatic carbocycles. The molecule has 0 aromatic rings. The molecule has 1 unspecified atom stereocenters. The predicted octanol–water partition coefficient (Wildman–Crippen LogP) is -0.233. The third kappa shape index (κ3) is 2.76. The standard InChI is InChI=1S/C7H15N3O/c1-9-7(8)10-4-6-2-3-11-5-6/h6H,2-5H2,1H3,(H3,8,9,10). The molecular weight excluding hydrogens is 142 g/mol. The highest BCUT2D eigenvalue weighted by molar-refractivity contribution is 5.75. The van der Waals surface area contributed by atoms with Crippen molar-refractivity contribution in [3.8, 4) is 0 Å². The molecule has 0 saturated carbocycles. The van der Waals surface area contributed by atoms with Crippen molar-refractivity contribution >= 4 is 5.96 Å². The number of hydrogen-bond acceptors (Lipinski definition) is 2. The highest BCUT2D eigenvalue weighted by Crippen LogP contribution is 2.10. The zero-order valence-electron chi connectivity index (χ0n) is 6.81. The zero-order valence-corrected chi connectivity index (χ0v) is 6.81. The van der Waals surface area contributed by atoms with Gasteiger partial charge in [-0.1, -0.05) is 0 Å². The predicted molar refractivity (Wildman–Crippen MR) is 43.7 cm³/mol. The summed E-state index contributed by atoms with van der Waals surface area (Å²) in [5, 5.41) is 12.9. The van der Waals surface area contributed by atoms with E-state index in [2.05, 4.69) is 10.6 Å². The van der Waals surface area contributed by atoms with Crippen LogP contribution in [0.25, 0.3) is 0 Å². The largest absolute Gasteiger partial charge is 0.381 e. The van der Waals surface area contributed by atoms with Gasteiger partial charge in [-0.25, -0.2) is 0 Å². The highest BCUT2D eigenvalue weighted by atomic mass is 16.5. The van der Waals surface area contributed by atoms with Crippen molar-refractivity contribution in [2.45, 2.75) is 6.42 Å². The van der Waals surface area contributed by atoms with Gasteiger partial charge in [0, 0.05) is 26.1 Å². The minimum Gasteiger partial charge on any atom is -0.381 e. The lowest BCUT2D eigenvalue weighted by atomic mass is 10.1. The molecule has 1 saturated heterocycles. The van der Waals surface area contributed by atoms with Crippen molar-refractivity contribution in [1.29, 1.82) is 5.41 Å². The lowest BCUT2D eigenvalue weighted by Gasteiger charge is -2.10. The molecule has 4 heteroatoms. The van der Waals surface area contributed by atoms with Crippen LogP contribution in [0.15, 0.2) is 0 Å². The molecule has 1 atom stereocenters. The Morgan fingerprint density at radius 3 is 3.09 bits per heavy atom. The van der Waals surface area contributed by atoms with Gasteiger partial charge in [-0.05, 0) is 6.42 Å². The van der Waals surface area contributed by atoms with Gasteiger partial charge >= 0.3 is 0 Å². The van der Waals surface area contributed by atoms with E-state index >= 15 is 0 Å².